The summed E-state index contributed by atoms with van der Waals surface area (Å²) in [6.45, 7) is 2.80. The monoisotopic (exact) mass is 263 g/mol. The number of carbonyl (C=O) groups excluding carboxylic acids is 1. The van der Waals surface area contributed by atoms with Crippen molar-refractivity contribution in [2.24, 2.45) is 5.41 Å². The third kappa shape index (κ3) is 4.24. The summed E-state index contributed by atoms with van der Waals surface area (Å²) in [4.78, 5) is 26.1. The van der Waals surface area contributed by atoms with Crippen LogP contribution in [0.1, 0.15) is 25.5 Å². The Morgan fingerprint density at radius 3 is 2.68 bits per heavy atom. The van der Waals surface area contributed by atoms with Gasteiger partial charge in [-0.05, 0) is 30.4 Å². The number of urea groups is 1. The standard InChI is InChI=1S/C13H17N3O3/c1-13(4-5-13)8-15-12(19)16-10-3-2-9(14-7-10)6-11(17)18/h2-3,7H,4-6,8H2,1H3,(H,17,18)(H2,15,16,19). The van der Waals surface area contributed by atoms with E-state index in [-0.39, 0.29) is 17.9 Å². The lowest BCUT2D eigenvalue weighted by molar-refractivity contribution is -0.136. The van der Waals surface area contributed by atoms with Crippen molar-refractivity contribution in [3.63, 3.8) is 0 Å². The van der Waals surface area contributed by atoms with Gasteiger partial charge in [0.1, 0.15) is 0 Å². The van der Waals surface area contributed by atoms with E-state index in [1.54, 1.807) is 12.1 Å². The van der Waals surface area contributed by atoms with Gasteiger partial charge in [-0.3, -0.25) is 9.78 Å². The molecule has 0 spiro atoms. The number of nitrogens with zero attached hydrogens (tertiary/aromatic N) is 1. The number of aliphatic carboxylic acids is 1. The van der Waals surface area contributed by atoms with E-state index in [0.29, 0.717) is 17.9 Å². The minimum atomic E-state index is -0.927. The maximum Gasteiger partial charge on any atom is 0.319 e. The quantitative estimate of drug-likeness (QED) is 0.753. The molecule has 0 atom stereocenters. The largest absolute Gasteiger partial charge is 0.481 e. The molecule has 2 rings (SSSR count). The lowest BCUT2D eigenvalue weighted by Crippen LogP contribution is -2.32. The van der Waals surface area contributed by atoms with Crippen LogP contribution in [0.2, 0.25) is 0 Å². The molecule has 0 radical (unpaired) electrons. The molecule has 19 heavy (non-hydrogen) atoms. The third-order valence-corrected chi connectivity index (χ3v) is 3.19. The van der Waals surface area contributed by atoms with Crippen molar-refractivity contribution in [1.29, 1.82) is 0 Å². The number of pyridine rings is 1. The highest BCUT2D eigenvalue weighted by molar-refractivity contribution is 5.89. The molecule has 0 bridgehead atoms. The van der Waals surface area contributed by atoms with Crippen LogP contribution in [-0.2, 0) is 11.2 Å². The van der Waals surface area contributed by atoms with E-state index in [2.05, 4.69) is 22.5 Å². The van der Waals surface area contributed by atoms with Gasteiger partial charge < -0.3 is 15.7 Å². The molecule has 1 aliphatic rings. The van der Waals surface area contributed by atoms with Crippen LogP contribution >= 0.6 is 0 Å². The van der Waals surface area contributed by atoms with Crippen LogP contribution in [0.5, 0.6) is 0 Å². The van der Waals surface area contributed by atoms with Gasteiger partial charge in [-0.2, -0.15) is 0 Å². The average molecular weight is 263 g/mol. The summed E-state index contributed by atoms with van der Waals surface area (Å²) >= 11 is 0. The van der Waals surface area contributed by atoms with Crippen LogP contribution in [0.15, 0.2) is 18.3 Å². The Bertz CT molecular complexity index is 480. The number of hydrogen-bond acceptors (Lipinski definition) is 3. The predicted octanol–water partition coefficient (Wildman–Crippen LogP) is 1.63. The molecule has 6 heteroatoms. The fraction of sp³-hybridized carbons (Fsp3) is 0.462. The molecule has 1 heterocycles. The molecule has 1 aliphatic carbocycles. The number of carboxylic acid groups (broad SMARTS) is 1. The first-order valence-corrected chi connectivity index (χ1v) is 6.18. The minimum absolute atomic E-state index is 0.120. The molecular weight excluding hydrogens is 246 g/mol. The summed E-state index contributed by atoms with van der Waals surface area (Å²) in [7, 11) is 0. The summed E-state index contributed by atoms with van der Waals surface area (Å²) in [5.41, 5.74) is 1.28. The van der Waals surface area contributed by atoms with E-state index in [4.69, 9.17) is 5.11 Å². The Labute approximate surface area is 111 Å². The molecule has 6 nitrogen and oxygen atoms in total. The van der Waals surface area contributed by atoms with Crippen LogP contribution in [0, 0.1) is 5.41 Å². The highest BCUT2D eigenvalue weighted by atomic mass is 16.4. The van der Waals surface area contributed by atoms with Gasteiger partial charge in [0.2, 0.25) is 0 Å². The number of aromatic nitrogens is 1. The molecule has 1 aromatic heterocycles. The minimum Gasteiger partial charge on any atom is -0.481 e. The molecule has 102 valence electrons. The van der Waals surface area contributed by atoms with Crippen molar-refractivity contribution in [3.8, 4) is 0 Å². The van der Waals surface area contributed by atoms with E-state index < -0.39 is 5.97 Å². The predicted molar refractivity (Wildman–Crippen MR) is 69.9 cm³/mol. The van der Waals surface area contributed by atoms with Crippen molar-refractivity contribution >= 4 is 17.7 Å². The number of nitrogens with one attached hydrogen (secondary N) is 2. The molecule has 1 fully saturated rings. The SMILES string of the molecule is CC1(CNC(=O)Nc2ccc(CC(=O)O)nc2)CC1. The third-order valence-electron chi connectivity index (χ3n) is 3.19. The molecule has 0 saturated heterocycles. The number of hydrogen-bond donors (Lipinski definition) is 3. The van der Waals surface area contributed by atoms with Crippen molar-refractivity contribution in [2.75, 3.05) is 11.9 Å². The second-order valence-electron chi connectivity index (χ2n) is 5.23. The van der Waals surface area contributed by atoms with E-state index >= 15 is 0 Å². The Hall–Kier alpha value is -2.11. The van der Waals surface area contributed by atoms with Crippen molar-refractivity contribution in [2.45, 2.75) is 26.2 Å². The fourth-order valence-corrected chi connectivity index (χ4v) is 1.62. The van der Waals surface area contributed by atoms with E-state index in [9.17, 15) is 9.59 Å². The Balaban J connectivity index is 1.81. The summed E-state index contributed by atoms with van der Waals surface area (Å²) in [5, 5.41) is 14.1. The second kappa shape index (κ2) is 5.26. The number of rotatable bonds is 5. The van der Waals surface area contributed by atoms with E-state index in [1.165, 1.54) is 6.20 Å². The van der Waals surface area contributed by atoms with E-state index in [0.717, 1.165) is 12.8 Å². The fourth-order valence-electron chi connectivity index (χ4n) is 1.62. The zero-order chi connectivity index (χ0) is 13.9. The first-order valence-electron chi connectivity index (χ1n) is 6.18. The topological polar surface area (TPSA) is 91.3 Å². The van der Waals surface area contributed by atoms with Gasteiger partial charge in [0.15, 0.2) is 0 Å². The normalized spacial score (nSPS) is 15.6. The summed E-state index contributed by atoms with van der Waals surface area (Å²) in [6, 6.07) is 2.97. The molecule has 0 aromatic carbocycles. The highest BCUT2D eigenvalue weighted by Gasteiger charge is 2.37. The Morgan fingerprint density at radius 1 is 1.42 bits per heavy atom. The number of carbonyl (C=O) groups is 2. The van der Waals surface area contributed by atoms with Crippen LogP contribution < -0.4 is 10.6 Å². The number of anilines is 1. The summed E-state index contributed by atoms with van der Waals surface area (Å²) in [5.74, 6) is -0.927. The first-order chi connectivity index (χ1) is 8.97. The Morgan fingerprint density at radius 2 is 2.16 bits per heavy atom. The molecule has 0 unspecified atom stereocenters. The first kappa shape index (κ1) is 13.3. The lowest BCUT2D eigenvalue weighted by atomic mass is 10.1. The van der Waals surface area contributed by atoms with Gasteiger partial charge in [0.25, 0.3) is 0 Å². The van der Waals surface area contributed by atoms with Gasteiger partial charge in [0.05, 0.1) is 24.0 Å². The van der Waals surface area contributed by atoms with Gasteiger partial charge in [-0.25, -0.2) is 4.79 Å². The molecule has 2 amide bonds. The highest BCUT2D eigenvalue weighted by Crippen LogP contribution is 2.43. The van der Waals surface area contributed by atoms with Gasteiger partial charge in [0, 0.05) is 6.54 Å². The number of amides is 2. The summed E-state index contributed by atoms with van der Waals surface area (Å²) < 4.78 is 0. The molecule has 3 N–H and O–H groups in total. The zero-order valence-corrected chi connectivity index (χ0v) is 10.8. The van der Waals surface area contributed by atoms with Crippen LogP contribution in [0.25, 0.3) is 0 Å². The smallest absolute Gasteiger partial charge is 0.319 e. The van der Waals surface area contributed by atoms with Crippen molar-refractivity contribution in [1.82, 2.24) is 10.3 Å². The van der Waals surface area contributed by atoms with Crippen molar-refractivity contribution in [3.05, 3.63) is 24.0 Å². The average Bonchev–Trinajstić information content (AvgIpc) is 3.08. The molecule has 1 saturated carbocycles. The molecular formula is C13H17N3O3. The summed E-state index contributed by atoms with van der Waals surface area (Å²) in [6.07, 6.45) is 3.64. The maximum absolute atomic E-state index is 11.6. The van der Waals surface area contributed by atoms with Gasteiger partial charge >= 0.3 is 12.0 Å². The van der Waals surface area contributed by atoms with Gasteiger partial charge in [-0.1, -0.05) is 6.92 Å². The van der Waals surface area contributed by atoms with Gasteiger partial charge in [-0.15, -0.1) is 0 Å². The van der Waals surface area contributed by atoms with Crippen LogP contribution in [0.4, 0.5) is 10.5 Å². The molecule has 1 aromatic rings. The van der Waals surface area contributed by atoms with Crippen molar-refractivity contribution < 1.29 is 14.7 Å². The zero-order valence-electron chi connectivity index (χ0n) is 10.8. The van der Waals surface area contributed by atoms with Crippen LogP contribution in [-0.4, -0.2) is 28.6 Å². The van der Waals surface area contributed by atoms with E-state index in [1.807, 2.05) is 0 Å². The maximum atomic E-state index is 11.6. The Kier molecular flexibility index (Phi) is 3.69. The lowest BCUT2D eigenvalue weighted by Gasteiger charge is -2.11. The second-order valence-corrected chi connectivity index (χ2v) is 5.23. The van der Waals surface area contributed by atoms with Crippen LogP contribution in [0.3, 0.4) is 0 Å². The number of carboxylic acids is 1. The molecule has 0 aliphatic heterocycles.